The number of rotatable bonds is 1. The van der Waals surface area contributed by atoms with Crippen molar-refractivity contribution in [1.82, 2.24) is 10.3 Å². The Morgan fingerprint density at radius 2 is 2.64 bits per heavy atom. The van der Waals surface area contributed by atoms with E-state index in [1.807, 2.05) is 5.51 Å². The predicted molar refractivity (Wildman–Crippen MR) is 46.9 cm³/mol. The molecule has 1 N–H and O–H groups in total. The number of hydrogen-bond donors (Lipinski definition) is 1. The maximum absolute atomic E-state index is 4.31. The minimum atomic E-state index is 0.663. The van der Waals surface area contributed by atoms with Gasteiger partial charge in [0.05, 0.1) is 11.2 Å². The van der Waals surface area contributed by atoms with Gasteiger partial charge >= 0.3 is 0 Å². The summed E-state index contributed by atoms with van der Waals surface area (Å²) in [5.41, 5.74) is 3.19. The molecule has 60 valence electrons. The molecule has 1 fully saturated rings. The van der Waals surface area contributed by atoms with Crippen LogP contribution in [0.25, 0.3) is 0 Å². The Hall–Kier alpha value is -0.410. The highest BCUT2D eigenvalue weighted by molar-refractivity contribution is 7.07. The van der Waals surface area contributed by atoms with Crippen LogP contribution in [0.5, 0.6) is 0 Å². The fourth-order valence-corrected chi connectivity index (χ4v) is 2.22. The van der Waals surface area contributed by atoms with Crippen molar-refractivity contribution in [1.29, 1.82) is 0 Å². The summed E-state index contributed by atoms with van der Waals surface area (Å²) in [5.74, 6) is 0.663. The van der Waals surface area contributed by atoms with Crippen LogP contribution < -0.4 is 5.32 Å². The molecular formula is C8H12N2S. The second-order valence-corrected chi connectivity index (χ2v) is 3.87. The second kappa shape index (κ2) is 2.91. The highest BCUT2D eigenvalue weighted by Gasteiger charge is 2.22. The van der Waals surface area contributed by atoms with Gasteiger partial charge in [0.15, 0.2) is 0 Å². The number of hydrogen-bond acceptors (Lipinski definition) is 3. The average molecular weight is 168 g/mol. The molecule has 3 heteroatoms. The summed E-state index contributed by atoms with van der Waals surface area (Å²) in [5, 5.41) is 5.58. The number of aromatic nitrogens is 1. The quantitative estimate of drug-likeness (QED) is 0.689. The summed E-state index contributed by atoms with van der Waals surface area (Å²) in [6.07, 6.45) is 1.24. The van der Waals surface area contributed by atoms with Crippen LogP contribution in [0.2, 0.25) is 0 Å². The Balaban J connectivity index is 2.08. The van der Waals surface area contributed by atoms with Crippen LogP contribution in [0.3, 0.4) is 0 Å². The summed E-state index contributed by atoms with van der Waals surface area (Å²) in [7, 11) is 0. The van der Waals surface area contributed by atoms with Crippen LogP contribution in [0.1, 0.15) is 25.0 Å². The van der Waals surface area contributed by atoms with Crippen molar-refractivity contribution in [2.75, 3.05) is 6.54 Å². The summed E-state index contributed by atoms with van der Waals surface area (Å²) < 4.78 is 0. The Morgan fingerprint density at radius 3 is 3.18 bits per heavy atom. The van der Waals surface area contributed by atoms with E-state index in [0.29, 0.717) is 12.0 Å². The lowest BCUT2D eigenvalue weighted by atomic mass is 10.0. The normalized spacial score (nSPS) is 31.0. The molecular weight excluding hydrogens is 156 g/mol. The first-order chi connectivity index (χ1) is 5.36. The van der Waals surface area contributed by atoms with E-state index >= 15 is 0 Å². The van der Waals surface area contributed by atoms with Gasteiger partial charge in [0, 0.05) is 23.9 Å². The molecule has 2 nitrogen and oxygen atoms in total. The van der Waals surface area contributed by atoms with Gasteiger partial charge in [-0.15, -0.1) is 11.3 Å². The van der Waals surface area contributed by atoms with E-state index < -0.39 is 0 Å². The Bertz CT molecular complexity index is 220. The highest BCUT2D eigenvalue weighted by atomic mass is 32.1. The van der Waals surface area contributed by atoms with Crippen LogP contribution in [0.15, 0.2) is 10.9 Å². The van der Waals surface area contributed by atoms with Crippen LogP contribution in [0.4, 0.5) is 0 Å². The molecule has 0 radical (unpaired) electrons. The first-order valence-electron chi connectivity index (χ1n) is 3.97. The van der Waals surface area contributed by atoms with Gasteiger partial charge in [-0.05, 0) is 13.3 Å². The van der Waals surface area contributed by atoms with Crippen LogP contribution in [0, 0.1) is 0 Å². The first kappa shape index (κ1) is 7.25. The van der Waals surface area contributed by atoms with Crippen molar-refractivity contribution in [3.05, 3.63) is 16.6 Å². The molecule has 0 aromatic carbocycles. The second-order valence-electron chi connectivity index (χ2n) is 3.16. The third-order valence-corrected chi connectivity index (χ3v) is 2.83. The zero-order valence-electron chi connectivity index (χ0n) is 6.58. The van der Waals surface area contributed by atoms with Gasteiger partial charge in [-0.2, -0.15) is 0 Å². The molecule has 2 rings (SSSR count). The molecule has 11 heavy (non-hydrogen) atoms. The molecule has 2 atom stereocenters. The molecule has 1 aromatic heterocycles. The van der Waals surface area contributed by atoms with Crippen molar-refractivity contribution in [2.24, 2.45) is 0 Å². The van der Waals surface area contributed by atoms with Crippen LogP contribution in [-0.4, -0.2) is 17.6 Å². The highest BCUT2D eigenvalue weighted by Crippen LogP contribution is 2.24. The van der Waals surface area contributed by atoms with Gasteiger partial charge < -0.3 is 5.32 Å². The largest absolute Gasteiger partial charge is 0.314 e. The van der Waals surface area contributed by atoms with Crippen molar-refractivity contribution in [3.63, 3.8) is 0 Å². The fourth-order valence-electron chi connectivity index (χ4n) is 1.59. The number of thiazole rings is 1. The third kappa shape index (κ3) is 1.44. The summed E-state index contributed by atoms with van der Waals surface area (Å²) in [6.45, 7) is 3.33. The van der Waals surface area contributed by atoms with Gasteiger partial charge in [0.1, 0.15) is 0 Å². The topological polar surface area (TPSA) is 24.9 Å². The molecule has 2 unspecified atom stereocenters. The van der Waals surface area contributed by atoms with Crippen LogP contribution >= 0.6 is 11.3 Å². The van der Waals surface area contributed by atoms with E-state index in [2.05, 4.69) is 22.6 Å². The molecule has 1 aliphatic rings. The van der Waals surface area contributed by atoms with E-state index in [1.54, 1.807) is 11.3 Å². The Kier molecular flexibility index (Phi) is 1.92. The molecule has 0 spiro atoms. The molecule has 0 aliphatic carbocycles. The zero-order valence-corrected chi connectivity index (χ0v) is 7.40. The zero-order chi connectivity index (χ0) is 7.68. The van der Waals surface area contributed by atoms with E-state index in [9.17, 15) is 0 Å². The van der Waals surface area contributed by atoms with Gasteiger partial charge in [-0.3, -0.25) is 0 Å². The molecule has 1 saturated heterocycles. The van der Waals surface area contributed by atoms with E-state index in [1.165, 1.54) is 12.1 Å². The summed E-state index contributed by atoms with van der Waals surface area (Å²) in [4.78, 5) is 4.31. The average Bonchev–Trinajstić information content (AvgIpc) is 2.55. The Morgan fingerprint density at radius 1 is 1.73 bits per heavy atom. The van der Waals surface area contributed by atoms with Gasteiger partial charge in [-0.25, -0.2) is 4.98 Å². The SMILES string of the molecule is CC1CC(c2cscn2)CN1. The summed E-state index contributed by atoms with van der Waals surface area (Å²) >= 11 is 1.69. The van der Waals surface area contributed by atoms with Crippen molar-refractivity contribution >= 4 is 11.3 Å². The van der Waals surface area contributed by atoms with E-state index in [4.69, 9.17) is 0 Å². The maximum Gasteiger partial charge on any atom is 0.0794 e. The third-order valence-electron chi connectivity index (χ3n) is 2.22. The molecule has 0 amide bonds. The maximum atomic E-state index is 4.31. The van der Waals surface area contributed by atoms with Gasteiger partial charge in [0.25, 0.3) is 0 Å². The summed E-state index contributed by atoms with van der Waals surface area (Å²) in [6, 6.07) is 0.668. The van der Waals surface area contributed by atoms with Gasteiger partial charge in [0.2, 0.25) is 0 Å². The van der Waals surface area contributed by atoms with Crippen molar-refractivity contribution in [2.45, 2.75) is 25.3 Å². The monoisotopic (exact) mass is 168 g/mol. The molecule has 0 bridgehead atoms. The number of nitrogens with zero attached hydrogens (tertiary/aromatic N) is 1. The lowest BCUT2D eigenvalue weighted by Gasteiger charge is -2.02. The molecule has 0 saturated carbocycles. The minimum Gasteiger partial charge on any atom is -0.314 e. The smallest absolute Gasteiger partial charge is 0.0794 e. The predicted octanol–water partition coefficient (Wildman–Crippen LogP) is 1.61. The van der Waals surface area contributed by atoms with Crippen molar-refractivity contribution in [3.8, 4) is 0 Å². The fraction of sp³-hybridized carbons (Fsp3) is 0.625. The van der Waals surface area contributed by atoms with Crippen LogP contribution in [-0.2, 0) is 0 Å². The molecule has 2 heterocycles. The van der Waals surface area contributed by atoms with Gasteiger partial charge in [-0.1, -0.05) is 0 Å². The molecule has 1 aromatic rings. The molecule has 1 aliphatic heterocycles. The standard InChI is InChI=1S/C8H12N2S/c1-6-2-7(3-9-6)8-4-11-5-10-8/h4-7,9H,2-3H2,1H3. The Labute approximate surface area is 70.7 Å². The van der Waals surface area contributed by atoms with Crippen molar-refractivity contribution < 1.29 is 0 Å². The van der Waals surface area contributed by atoms with E-state index in [-0.39, 0.29) is 0 Å². The minimum absolute atomic E-state index is 0.663. The lowest BCUT2D eigenvalue weighted by Crippen LogP contribution is -2.16. The lowest BCUT2D eigenvalue weighted by molar-refractivity contribution is 0.656. The first-order valence-corrected chi connectivity index (χ1v) is 4.92. The van der Waals surface area contributed by atoms with E-state index in [0.717, 1.165) is 6.54 Å². The number of nitrogens with one attached hydrogen (secondary N) is 1.